The van der Waals surface area contributed by atoms with Crippen molar-refractivity contribution in [3.05, 3.63) is 50.9 Å². The lowest BCUT2D eigenvalue weighted by Gasteiger charge is -2.05. The molecule has 1 heterocycles. The van der Waals surface area contributed by atoms with Gasteiger partial charge in [0, 0.05) is 6.07 Å². The van der Waals surface area contributed by atoms with Crippen LogP contribution in [-0.4, -0.2) is 18.2 Å². The lowest BCUT2D eigenvalue weighted by atomic mass is 10.3. The first-order chi connectivity index (χ1) is 10.0. The van der Waals surface area contributed by atoms with Crippen molar-refractivity contribution in [2.24, 2.45) is 5.10 Å². The molecular formula is C14H12BrFN2O2S. The van der Waals surface area contributed by atoms with Gasteiger partial charge in [-0.1, -0.05) is 6.07 Å². The van der Waals surface area contributed by atoms with Crippen LogP contribution in [0.2, 0.25) is 0 Å². The molecule has 7 heteroatoms. The number of amides is 1. The van der Waals surface area contributed by atoms with E-state index in [0.717, 1.165) is 8.66 Å². The number of carbonyl (C=O) groups is 1. The van der Waals surface area contributed by atoms with E-state index < -0.39 is 11.7 Å². The van der Waals surface area contributed by atoms with Gasteiger partial charge in [-0.05, 0) is 47.1 Å². The van der Waals surface area contributed by atoms with Crippen molar-refractivity contribution >= 4 is 38.9 Å². The number of hydrogen-bond acceptors (Lipinski definition) is 4. The predicted molar refractivity (Wildman–Crippen MR) is 84.3 cm³/mol. The van der Waals surface area contributed by atoms with E-state index in [4.69, 9.17) is 4.74 Å². The molecule has 21 heavy (non-hydrogen) atoms. The minimum atomic E-state index is -0.412. The van der Waals surface area contributed by atoms with Crippen LogP contribution >= 0.6 is 27.3 Å². The maximum atomic E-state index is 12.9. The number of hydrogen-bond donors (Lipinski definition) is 1. The van der Waals surface area contributed by atoms with Gasteiger partial charge in [-0.15, -0.1) is 11.3 Å². The van der Waals surface area contributed by atoms with Crippen LogP contribution in [0.5, 0.6) is 5.75 Å². The van der Waals surface area contributed by atoms with Crippen LogP contribution in [0.25, 0.3) is 0 Å². The molecule has 0 aliphatic carbocycles. The Labute approximate surface area is 133 Å². The van der Waals surface area contributed by atoms with E-state index in [-0.39, 0.29) is 6.61 Å². The molecule has 1 aromatic carbocycles. The molecule has 0 saturated carbocycles. The maximum absolute atomic E-state index is 12.9. The van der Waals surface area contributed by atoms with Gasteiger partial charge in [-0.2, -0.15) is 5.10 Å². The average molecular weight is 371 g/mol. The summed E-state index contributed by atoms with van der Waals surface area (Å²) in [5.41, 5.74) is 3.10. The zero-order valence-corrected chi connectivity index (χ0v) is 13.5. The first kappa shape index (κ1) is 15.7. The quantitative estimate of drug-likeness (QED) is 0.645. The summed E-state index contributed by atoms with van der Waals surface area (Å²) in [5, 5.41) is 3.99. The maximum Gasteiger partial charge on any atom is 0.277 e. The van der Waals surface area contributed by atoms with Crippen LogP contribution in [0.3, 0.4) is 0 Å². The van der Waals surface area contributed by atoms with Crippen molar-refractivity contribution < 1.29 is 13.9 Å². The van der Waals surface area contributed by atoms with Gasteiger partial charge in [0.2, 0.25) is 0 Å². The predicted octanol–water partition coefficient (Wildman–Crippen LogP) is 3.57. The summed E-state index contributed by atoms with van der Waals surface area (Å²) in [5.74, 6) is -0.521. The molecule has 0 spiro atoms. The van der Waals surface area contributed by atoms with Gasteiger partial charge in [0.25, 0.3) is 5.91 Å². The van der Waals surface area contributed by atoms with Crippen LogP contribution in [0.15, 0.2) is 45.3 Å². The molecule has 0 aliphatic rings. The Balaban J connectivity index is 1.84. The first-order valence-corrected chi connectivity index (χ1v) is 7.63. The van der Waals surface area contributed by atoms with Gasteiger partial charge in [-0.25, -0.2) is 9.82 Å². The summed E-state index contributed by atoms with van der Waals surface area (Å²) in [6, 6.07) is 9.43. The Morgan fingerprint density at radius 2 is 2.24 bits per heavy atom. The third-order valence-electron chi connectivity index (χ3n) is 2.44. The smallest absolute Gasteiger partial charge is 0.277 e. The number of thiophene rings is 1. The molecule has 110 valence electrons. The standard InChI is InChI=1S/C14H12BrFN2O2S/c1-9(12-5-6-13(15)21-12)17-18-14(19)8-20-11-4-2-3-10(16)7-11/h2-7H,8H2,1H3,(H,18,19)/b17-9-. The summed E-state index contributed by atoms with van der Waals surface area (Å²) in [6.45, 7) is 1.57. The van der Waals surface area contributed by atoms with E-state index in [9.17, 15) is 9.18 Å². The third-order valence-corrected chi connectivity index (χ3v) is 4.18. The van der Waals surface area contributed by atoms with E-state index in [1.54, 1.807) is 13.0 Å². The van der Waals surface area contributed by atoms with Crippen molar-refractivity contribution in [1.82, 2.24) is 5.43 Å². The Hall–Kier alpha value is -1.73. The SMILES string of the molecule is C/C(=N/NC(=O)COc1cccc(F)c1)c1ccc(Br)s1. The minimum Gasteiger partial charge on any atom is -0.484 e. The second-order valence-electron chi connectivity index (χ2n) is 4.08. The zero-order chi connectivity index (χ0) is 15.2. The molecular weight excluding hydrogens is 359 g/mol. The molecule has 4 nitrogen and oxygen atoms in total. The minimum absolute atomic E-state index is 0.228. The number of carbonyl (C=O) groups excluding carboxylic acids is 1. The highest BCUT2D eigenvalue weighted by atomic mass is 79.9. The third kappa shape index (κ3) is 4.95. The molecule has 1 amide bonds. The van der Waals surface area contributed by atoms with E-state index >= 15 is 0 Å². The molecule has 0 saturated heterocycles. The van der Waals surface area contributed by atoms with E-state index in [0.29, 0.717) is 11.5 Å². The highest BCUT2D eigenvalue weighted by Gasteiger charge is 2.05. The molecule has 0 unspecified atom stereocenters. The lowest BCUT2D eigenvalue weighted by molar-refractivity contribution is -0.123. The van der Waals surface area contributed by atoms with Crippen molar-refractivity contribution in [1.29, 1.82) is 0 Å². The normalized spacial score (nSPS) is 11.3. The second-order valence-corrected chi connectivity index (χ2v) is 6.55. The van der Waals surface area contributed by atoms with E-state index in [1.807, 2.05) is 12.1 Å². The van der Waals surface area contributed by atoms with Crippen molar-refractivity contribution in [2.45, 2.75) is 6.92 Å². The first-order valence-electron chi connectivity index (χ1n) is 6.02. The molecule has 0 atom stereocenters. The average Bonchev–Trinajstić information content (AvgIpc) is 2.89. The number of nitrogens with one attached hydrogen (secondary N) is 1. The number of halogens is 2. The number of nitrogens with zero attached hydrogens (tertiary/aromatic N) is 1. The van der Waals surface area contributed by atoms with Gasteiger partial charge in [0.15, 0.2) is 6.61 Å². The monoisotopic (exact) mass is 370 g/mol. The highest BCUT2D eigenvalue weighted by molar-refractivity contribution is 9.11. The molecule has 1 N–H and O–H groups in total. The Morgan fingerprint density at radius 1 is 1.43 bits per heavy atom. The molecule has 0 radical (unpaired) electrons. The fourth-order valence-electron chi connectivity index (χ4n) is 1.45. The van der Waals surface area contributed by atoms with Gasteiger partial charge in [-0.3, -0.25) is 4.79 Å². The fraction of sp³-hybridized carbons (Fsp3) is 0.143. The number of hydrazone groups is 1. The molecule has 2 aromatic rings. The highest BCUT2D eigenvalue weighted by Crippen LogP contribution is 2.22. The van der Waals surface area contributed by atoms with Crippen LogP contribution in [0.1, 0.15) is 11.8 Å². The van der Waals surface area contributed by atoms with Gasteiger partial charge >= 0.3 is 0 Å². The zero-order valence-electron chi connectivity index (χ0n) is 11.1. The van der Waals surface area contributed by atoms with Crippen LogP contribution in [0.4, 0.5) is 4.39 Å². The second kappa shape index (κ2) is 7.33. The van der Waals surface area contributed by atoms with E-state index in [2.05, 4.69) is 26.5 Å². The molecule has 0 fully saturated rings. The van der Waals surface area contributed by atoms with Crippen LogP contribution in [-0.2, 0) is 4.79 Å². The molecule has 0 bridgehead atoms. The van der Waals surface area contributed by atoms with Gasteiger partial charge < -0.3 is 4.74 Å². The van der Waals surface area contributed by atoms with Crippen molar-refractivity contribution in [3.8, 4) is 5.75 Å². The van der Waals surface area contributed by atoms with Crippen LogP contribution < -0.4 is 10.2 Å². The van der Waals surface area contributed by atoms with Gasteiger partial charge in [0.1, 0.15) is 11.6 Å². The Kier molecular flexibility index (Phi) is 5.46. The topological polar surface area (TPSA) is 50.7 Å². The number of ether oxygens (including phenoxy) is 1. The summed E-state index contributed by atoms with van der Waals surface area (Å²) in [7, 11) is 0. The summed E-state index contributed by atoms with van der Waals surface area (Å²) in [4.78, 5) is 12.6. The fourth-order valence-corrected chi connectivity index (χ4v) is 2.78. The molecule has 1 aromatic heterocycles. The van der Waals surface area contributed by atoms with Crippen molar-refractivity contribution in [3.63, 3.8) is 0 Å². The number of benzene rings is 1. The van der Waals surface area contributed by atoms with Crippen molar-refractivity contribution in [2.75, 3.05) is 6.61 Å². The number of rotatable bonds is 5. The summed E-state index contributed by atoms with van der Waals surface area (Å²) >= 11 is 4.88. The lowest BCUT2D eigenvalue weighted by Crippen LogP contribution is -2.25. The largest absolute Gasteiger partial charge is 0.484 e. The Bertz CT molecular complexity index is 672. The van der Waals surface area contributed by atoms with Gasteiger partial charge in [0.05, 0.1) is 14.4 Å². The molecule has 0 aliphatic heterocycles. The summed E-state index contributed by atoms with van der Waals surface area (Å²) in [6.07, 6.45) is 0. The summed E-state index contributed by atoms with van der Waals surface area (Å²) < 4.78 is 19.1. The van der Waals surface area contributed by atoms with E-state index in [1.165, 1.54) is 29.5 Å². The Morgan fingerprint density at radius 3 is 2.90 bits per heavy atom. The van der Waals surface area contributed by atoms with Crippen LogP contribution in [0, 0.1) is 5.82 Å². The molecule has 2 rings (SSSR count).